The van der Waals surface area contributed by atoms with Gasteiger partial charge >= 0.3 is 0 Å². The summed E-state index contributed by atoms with van der Waals surface area (Å²) in [5, 5.41) is 7.25. The molecule has 5 aromatic rings. The molecule has 0 saturated heterocycles. The van der Waals surface area contributed by atoms with Gasteiger partial charge in [-0.05, 0) is 42.3 Å². The van der Waals surface area contributed by atoms with E-state index in [1.165, 1.54) is 27.5 Å². The van der Waals surface area contributed by atoms with Crippen molar-refractivity contribution in [2.75, 3.05) is 0 Å². The highest BCUT2D eigenvalue weighted by molar-refractivity contribution is 6.04. The predicted molar refractivity (Wildman–Crippen MR) is 100 cm³/mol. The number of aryl methyl sites for hydroxylation is 1. The molecule has 2 nitrogen and oxygen atoms in total. The maximum absolute atomic E-state index is 4.82. The number of nitrogens with zero attached hydrogens (tertiary/aromatic N) is 2. The maximum atomic E-state index is 4.82. The van der Waals surface area contributed by atoms with Gasteiger partial charge in [-0.1, -0.05) is 60.2 Å². The molecule has 114 valence electrons. The third-order valence-electron chi connectivity index (χ3n) is 4.65. The number of fused-ring (bicyclic) bond motifs is 5. The Hall–Kier alpha value is -3.13. The number of aromatic nitrogens is 2. The van der Waals surface area contributed by atoms with Gasteiger partial charge in [0.25, 0.3) is 0 Å². The van der Waals surface area contributed by atoms with Gasteiger partial charge in [0.2, 0.25) is 0 Å². The molecule has 0 aliphatic heterocycles. The highest BCUT2D eigenvalue weighted by Crippen LogP contribution is 2.33. The third kappa shape index (κ3) is 1.86. The highest BCUT2D eigenvalue weighted by atomic mass is 15.2. The predicted octanol–water partition coefficient (Wildman–Crippen LogP) is 5.62. The average molecular weight is 308 g/mol. The lowest BCUT2D eigenvalue weighted by molar-refractivity contribution is 1.03. The van der Waals surface area contributed by atoms with Gasteiger partial charge in [-0.25, -0.2) is 4.52 Å². The third-order valence-corrected chi connectivity index (χ3v) is 4.65. The Balaban J connectivity index is 2.02. The summed E-state index contributed by atoms with van der Waals surface area (Å²) in [5.74, 6) is 0. The van der Waals surface area contributed by atoms with Crippen LogP contribution in [0.2, 0.25) is 0 Å². The molecule has 3 aromatic carbocycles. The Kier molecular flexibility index (Phi) is 2.74. The lowest BCUT2D eigenvalue weighted by Crippen LogP contribution is -1.93. The fraction of sp³-hybridized carbons (Fsp3) is 0.0455. The average Bonchev–Trinajstić information content (AvgIpc) is 3.00. The van der Waals surface area contributed by atoms with Crippen molar-refractivity contribution in [2.45, 2.75) is 6.92 Å². The van der Waals surface area contributed by atoms with Crippen LogP contribution >= 0.6 is 0 Å². The van der Waals surface area contributed by atoms with E-state index >= 15 is 0 Å². The summed E-state index contributed by atoms with van der Waals surface area (Å²) in [4.78, 5) is 0. The smallest absolute Gasteiger partial charge is 0.0934 e. The van der Waals surface area contributed by atoms with Crippen LogP contribution in [0.15, 0.2) is 78.9 Å². The first-order valence-corrected chi connectivity index (χ1v) is 8.17. The quantitative estimate of drug-likeness (QED) is 0.393. The van der Waals surface area contributed by atoms with Crippen molar-refractivity contribution in [3.8, 4) is 11.1 Å². The monoisotopic (exact) mass is 308 g/mol. The molecule has 0 aliphatic carbocycles. The minimum atomic E-state index is 1.03. The first-order valence-electron chi connectivity index (χ1n) is 8.17. The zero-order valence-corrected chi connectivity index (χ0v) is 13.4. The summed E-state index contributed by atoms with van der Waals surface area (Å²) in [6.07, 6.45) is 0. The molecule has 0 amide bonds. The van der Waals surface area contributed by atoms with Crippen molar-refractivity contribution in [1.29, 1.82) is 0 Å². The highest BCUT2D eigenvalue weighted by Gasteiger charge is 2.12. The molecule has 0 N–H and O–H groups in total. The molecule has 0 atom stereocenters. The first-order chi connectivity index (χ1) is 11.8. The molecule has 0 spiro atoms. The molecule has 0 aliphatic rings. The number of pyridine rings is 1. The minimum Gasteiger partial charge on any atom is -0.232 e. The fourth-order valence-corrected chi connectivity index (χ4v) is 3.50. The largest absolute Gasteiger partial charge is 0.232 e. The number of benzene rings is 3. The van der Waals surface area contributed by atoms with Gasteiger partial charge in [-0.15, -0.1) is 0 Å². The molecule has 5 rings (SSSR count). The molecule has 2 heteroatoms. The molecule has 2 aromatic heterocycles. The van der Waals surface area contributed by atoms with Crippen molar-refractivity contribution in [2.24, 2.45) is 0 Å². The Morgan fingerprint density at radius 1 is 0.708 bits per heavy atom. The molecular weight excluding hydrogens is 292 g/mol. The molecule has 0 fully saturated rings. The Morgan fingerprint density at radius 3 is 2.38 bits per heavy atom. The van der Waals surface area contributed by atoms with Crippen molar-refractivity contribution >= 4 is 27.3 Å². The zero-order chi connectivity index (χ0) is 16.1. The van der Waals surface area contributed by atoms with E-state index in [1.807, 2.05) is 6.07 Å². The molecule has 0 saturated carbocycles. The van der Waals surface area contributed by atoms with E-state index in [4.69, 9.17) is 5.10 Å². The maximum Gasteiger partial charge on any atom is 0.0934 e. The Morgan fingerprint density at radius 2 is 1.50 bits per heavy atom. The number of hydrogen-bond acceptors (Lipinski definition) is 1. The van der Waals surface area contributed by atoms with E-state index in [9.17, 15) is 0 Å². The summed E-state index contributed by atoms with van der Waals surface area (Å²) in [5.41, 5.74) is 7.09. The second kappa shape index (κ2) is 4.93. The summed E-state index contributed by atoms with van der Waals surface area (Å²) >= 11 is 0. The van der Waals surface area contributed by atoms with E-state index in [-0.39, 0.29) is 0 Å². The number of rotatable bonds is 1. The van der Waals surface area contributed by atoms with Gasteiger partial charge in [-0.2, -0.15) is 5.10 Å². The van der Waals surface area contributed by atoms with Crippen LogP contribution in [0.4, 0.5) is 0 Å². The lowest BCUT2D eigenvalue weighted by Gasteiger charge is -2.10. The molecule has 0 unspecified atom stereocenters. The molecule has 0 radical (unpaired) electrons. The van der Waals surface area contributed by atoms with Crippen molar-refractivity contribution in [3.05, 3.63) is 84.4 Å². The van der Waals surface area contributed by atoms with E-state index in [2.05, 4.69) is 84.2 Å². The summed E-state index contributed by atoms with van der Waals surface area (Å²) in [7, 11) is 0. The summed E-state index contributed by atoms with van der Waals surface area (Å²) in [6, 6.07) is 27.8. The second-order valence-electron chi connectivity index (χ2n) is 6.26. The van der Waals surface area contributed by atoms with Crippen LogP contribution in [0.5, 0.6) is 0 Å². The van der Waals surface area contributed by atoms with Gasteiger partial charge in [-0.3, -0.25) is 0 Å². The van der Waals surface area contributed by atoms with Crippen molar-refractivity contribution < 1.29 is 0 Å². The van der Waals surface area contributed by atoms with Crippen molar-refractivity contribution in [3.63, 3.8) is 0 Å². The van der Waals surface area contributed by atoms with Crippen LogP contribution in [0.1, 0.15) is 5.56 Å². The van der Waals surface area contributed by atoms with Crippen molar-refractivity contribution in [1.82, 2.24) is 9.61 Å². The van der Waals surface area contributed by atoms with Crippen LogP contribution in [0.25, 0.3) is 38.4 Å². The normalized spacial score (nSPS) is 11.5. The van der Waals surface area contributed by atoms with E-state index in [0.717, 1.165) is 16.6 Å². The Bertz CT molecular complexity index is 1200. The summed E-state index contributed by atoms with van der Waals surface area (Å²) < 4.78 is 2.08. The van der Waals surface area contributed by atoms with Gasteiger partial charge < -0.3 is 0 Å². The zero-order valence-electron chi connectivity index (χ0n) is 13.4. The van der Waals surface area contributed by atoms with Crippen LogP contribution in [0.3, 0.4) is 0 Å². The van der Waals surface area contributed by atoms with Gasteiger partial charge in [0.05, 0.1) is 16.6 Å². The molecular formula is C22H16N2. The van der Waals surface area contributed by atoms with Gasteiger partial charge in [0, 0.05) is 10.8 Å². The number of hydrogen-bond donors (Lipinski definition) is 0. The van der Waals surface area contributed by atoms with Gasteiger partial charge in [0.1, 0.15) is 0 Å². The summed E-state index contributed by atoms with van der Waals surface area (Å²) in [6.45, 7) is 2.14. The SMILES string of the molecule is Cc1ccc2c(c1)c(-c1ccccc1)cc1c3ccccc3nn21. The van der Waals surface area contributed by atoms with Gasteiger partial charge in [0.15, 0.2) is 0 Å². The van der Waals surface area contributed by atoms with Crippen LogP contribution in [0, 0.1) is 6.92 Å². The lowest BCUT2D eigenvalue weighted by atomic mass is 9.99. The standard InChI is InChI=1S/C22H16N2/c1-15-11-12-21-19(13-15)18(16-7-3-2-4-8-16)14-22-17-9-5-6-10-20(17)23-24(21)22/h2-14H,1H3. The molecule has 24 heavy (non-hydrogen) atoms. The van der Waals surface area contributed by atoms with Crippen LogP contribution in [-0.2, 0) is 0 Å². The second-order valence-corrected chi connectivity index (χ2v) is 6.26. The Labute approximate surface area is 140 Å². The van der Waals surface area contributed by atoms with Crippen LogP contribution < -0.4 is 0 Å². The first kappa shape index (κ1) is 13.3. The van der Waals surface area contributed by atoms with E-state index in [0.29, 0.717) is 0 Å². The minimum absolute atomic E-state index is 1.03. The topological polar surface area (TPSA) is 17.3 Å². The van der Waals surface area contributed by atoms with Crippen LogP contribution in [-0.4, -0.2) is 9.61 Å². The van der Waals surface area contributed by atoms with E-state index < -0.39 is 0 Å². The van der Waals surface area contributed by atoms with E-state index in [1.54, 1.807) is 0 Å². The fourth-order valence-electron chi connectivity index (χ4n) is 3.50. The molecule has 2 heterocycles. The molecule has 0 bridgehead atoms.